The molecule has 0 spiro atoms. The van der Waals surface area contributed by atoms with Gasteiger partial charge in [-0.2, -0.15) is 0 Å². The van der Waals surface area contributed by atoms with Gasteiger partial charge in [0, 0.05) is 25.8 Å². The van der Waals surface area contributed by atoms with Gasteiger partial charge in [-0.1, -0.05) is 0 Å². The molecule has 0 bridgehead atoms. The molecule has 2 amide bonds. The summed E-state index contributed by atoms with van der Waals surface area (Å²) in [6, 6.07) is 3.04. The van der Waals surface area contributed by atoms with E-state index in [-0.39, 0.29) is 5.69 Å². The van der Waals surface area contributed by atoms with Crippen LogP contribution < -0.4 is 10.6 Å². The molecule has 19 heavy (non-hydrogen) atoms. The number of carbonyl (C=O) groups excluding carboxylic acids is 1. The van der Waals surface area contributed by atoms with E-state index in [1.165, 1.54) is 11.0 Å². The summed E-state index contributed by atoms with van der Waals surface area (Å²) in [5.41, 5.74) is -0.217. The van der Waals surface area contributed by atoms with Crippen LogP contribution in [0.1, 0.15) is 10.4 Å². The Bertz CT molecular complexity index is 479. The second-order valence-corrected chi connectivity index (χ2v) is 3.96. The maximum Gasteiger partial charge on any atom is 0.338 e. The van der Waals surface area contributed by atoms with Gasteiger partial charge in [-0.3, -0.25) is 0 Å². The number of carboxylic acids is 1. The van der Waals surface area contributed by atoms with Crippen molar-refractivity contribution >= 4 is 17.7 Å². The summed E-state index contributed by atoms with van der Waals surface area (Å²) in [5.74, 6) is -2.23. The number of nitrogens with zero attached hydrogens (tertiary/aromatic N) is 1. The Labute approximate surface area is 110 Å². The number of amides is 2. The molecular weight excluding hydrogens is 253 g/mol. The predicted molar refractivity (Wildman–Crippen MR) is 68.9 cm³/mol. The maximum absolute atomic E-state index is 13.4. The highest BCUT2D eigenvalue weighted by atomic mass is 19.1. The Morgan fingerprint density at radius 3 is 2.63 bits per heavy atom. The molecule has 0 heterocycles. The third kappa shape index (κ3) is 4.22. The summed E-state index contributed by atoms with van der Waals surface area (Å²) in [6.45, 7) is 1.13. The number of likely N-dealkylation sites (N-methyl/N-ethyl adjacent to an activating group) is 2. The van der Waals surface area contributed by atoms with Crippen molar-refractivity contribution in [3.05, 3.63) is 29.6 Å². The van der Waals surface area contributed by atoms with Crippen LogP contribution in [-0.4, -0.2) is 49.2 Å². The van der Waals surface area contributed by atoms with Crippen LogP contribution in [0.4, 0.5) is 14.9 Å². The molecule has 7 heteroatoms. The number of carboxylic acid groups (broad SMARTS) is 1. The van der Waals surface area contributed by atoms with Crippen LogP contribution in [0.25, 0.3) is 0 Å². The van der Waals surface area contributed by atoms with Gasteiger partial charge in [0.1, 0.15) is 5.82 Å². The second-order valence-electron chi connectivity index (χ2n) is 3.96. The van der Waals surface area contributed by atoms with Crippen molar-refractivity contribution in [2.24, 2.45) is 0 Å². The number of nitrogens with one attached hydrogen (secondary N) is 2. The lowest BCUT2D eigenvalue weighted by Crippen LogP contribution is -2.35. The van der Waals surface area contributed by atoms with Crippen molar-refractivity contribution in [2.45, 2.75) is 0 Å². The smallest absolute Gasteiger partial charge is 0.338 e. The van der Waals surface area contributed by atoms with Gasteiger partial charge in [0.15, 0.2) is 0 Å². The average Bonchev–Trinajstić information content (AvgIpc) is 2.35. The van der Waals surface area contributed by atoms with Crippen molar-refractivity contribution < 1.29 is 19.1 Å². The normalized spacial score (nSPS) is 10.1. The number of rotatable bonds is 5. The minimum atomic E-state index is -1.35. The van der Waals surface area contributed by atoms with Crippen LogP contribution >= 0.6 is 0 Å². The van der Waals surface area contributed by atoms with Crippen molar-refractivity contribution in [2.75, 3.05) is 32.5 Å². The topological polar surface area (TPSA) is 81.7 Å². The Balaban J connectivity index is 2.70. The summed E-state index contributed by atoms with van der Waals surface area (Å²) in [5, 5.41) is 14.1. The van der Waals surface area contributed by atoms with Crippen molar-refractivity contribution in [1.29, 1.82) is 0 Å². The molecule has 0 aliphatic carbocycles. The van der Waals surface area contributed by atoms with Crippen molar-refractivity contribution in [3.63, 3.8) is 0 Å². The molecule has 0 aliphatic heterocycles. The third-order valence-corrected chi connectivity index (χ3v) is 2.49. The zero-order valence-corrected chi connectivity index (χ0v) is 10.7. The fourth-order valence-corrected chi connectivity index (χ4v) is 1.37. The monoisotopic (exact) mass is 269 g/mol. The van der Waals surface area contributed by atoms with E-state index in [1.807, 2.05) is 0 Å². The summed E-state index contributed by atoms with van der Waals surface area (Å²) in [7, 11) is 3.38. The highest BCUT2D eigenvalue weighted by Crippen LogP contribution is 2.14. The fourth-order valence-electron chi connectivity index (χ4n) is 1.37. The first-order chi connectivity index (χ1) is 8.95. The number of benzene rings is 1. The van der Waals surface area contributed by atoms with Crippen LogP contribution in [0.15, 0.2) is 18.2 Å². The van der Waals surface area contributed by atoms with Crippen LogP contribution in [0.3, 0.4) is 0 Å². The first-order valence-corrected chi connectivity index (χ1v) is 5.65. The van der Waals surface area contributed by atoms with Crippen LogP contribution in [-0.2, 0) is 0 Å². The molecular formula is C12H16FN3O3. The second kappa shape index (κ2) is 6.69. The molecule has 104 valence electrons. The zero-order valence-electron chi connectivity index (χ0n) is 10.7. The number of urea groups is 1. The van der Waals surface area contributed by atoms with Gasteiger partial charge in [0.05, 0.1) is 5.56 Å². The summed E-state index contributed by atoms with van der Waals surface area (Å²) < 4.78 is 13.4. The molecule has 0 aliphatic rings. The van der Waals surface area contributed by atoms with Gasteiger partial charge < -0.3 is 20.6 Å². The molecule has 0 radical (unpaired) electrons. The Hall–Kier alpha value is -2.15. The molecule has 0 saturated carbocycles. The number of carbonyl (C=O) groups is 2. The van der Waals surface area contributed by atoms with Crippen LogP contribution in [0.2, 0.25) is 0 Å². The first kappa shape index (κ1) is 14.9. The molecule has 1 rings (SSSR count). The largest absolute Gasteiger partial charge is 0.478 e. The van der Waals surface area contributed by atoms with Gasteiger partial charge in [-0.15, -0.1) is 0 Å². The van der Waals surface area contributed by atoms with Gasteiger partial charge in [-0.05, 0) is 25.2 Å². The molecule has 0 unspecified atom stereocenters. The van der Waals surface area contributed by atoms with Gasteiger partial charge in [-0.25, -0.2) is 14.0 Å². The lowest BCUT2D eigenvalue weighted by atomic mass is 10.2. The zero-order chi connectivity index (χ0) is 14.4. The Kier molecular flexibility index (Phi) is 5.25. The van der Waals surface area contributed by atoms with E-state index in [0.717, 1.165) is 12.1 Å². The predicted octanol–water partition coefficient (Wildman–Crippen LogP) is 1.21. The van der Waals surface area contributed by atoms with E-state index >= 15 is 0 Å². The first-order valence-electron chi connectivity index (χ1n) is 5.65. The van der Waals surface area contributed by atoms with E-state index in [2.05, 4.69) is 10.6 Å². The molecule has 0 aromatic heterocycles. The molecule has 1 aromatic carbocycles. The maximum atomic E-state index is 13.4. The molecule has 3 N–H and O–H groups in total. The van der Waals surface area contributed by atoms with E-state index in [1.54, 1.807) is 14.1 Å². The van der Waals surface area contributed by atoms with Gasteiger partial charge >= 0.3 is 12.0 Å². The van der Waals surface area contributed by atoms with Crippen molar-refractivity contribution in [1.82, 2.24) is 10.2 Å². The molecule has 6 nitrogen and oxygen atoms in total. The highest BCUT2D eigenvalue weighted by Gasteiger charge is 2.13. The van der Waals surface area contributed by atoms with Crippen LogP contribution in [0, 0.1) is 5.82 Å². The summed E-state index contributed by atoms with van der Waals surface area (Å²) in [4.78, 5) is 23.8. The highest BCUT2D eigenvalue weighted by molar-refractivity contribution is 5.91. The van der Waals surface area contributed by atoms with E-state index in [0.29, 0.717) is 13.1 Å². The summed E-state index contributed by atoms with van der Waals surface area (Å²) in [6.07, 6.45) is 0. The van der Waals surface area contributed by atoms with Crippen molar-refractivity contribution in [3.8, 4) is 0 Å². The van der Waals surface area contributed by atoms with E-state index in [9.17, 15) is 14.0 Å². The SMILES string of the molecule is CNCCN(C)C(=O)Nc1ccc(C(=O)O)c(F)c1. The lowest BCUT2D eigenvalue weighted by molar-refractivity contribution is 0.0692. The Morgan fingerprint density at radius 2 is 2.11 bits per heavy atom. The summed E-state index contributed by atoms with van der Waals surface area (Å²) >= 11 is 0. The average molecular weight is 269 g/mol. The molecule has 0 saturated heterocycles. The number of hydrogen-bond acceptors (Lipinski definition) is 3. The number of anilines is 1. The van der Waals surface area contributed by atoms with Gasteiger partial charge in [0.2, 0.25) is 0 Å². The lowest BCUT2D eigenvalue weighted by Gasteiger charge is -2.17. The minimum Gasteiger partial charge on any atom is -0.478 e. The van der Waals surface area contributed by atoms with E-state index < -0.39 is 23.4 Å². The van der Waals surface area contributed by atoms with Gasteiger partial charge in [0.25, 0.3) is 0 Å². The third-order valence-electron chi connectivity index (χ3n) is 2.49. The molecule has 0 fully saturated rings. The van der Waals surface area contributed by atoms with Crippen LogP contribution in [0.5, 0.6) is 0 Å². The number of halogens is 1. The fraction of sp³-hybridized carbons (Fsp3) is 0.333. The Morgan fingerprint density at radius 1 is 1.42 bits per heavy atom. The van der Waals surface area contributed by atoms with E-state index in [4.69, 9.17) is 5.11 Å². The quantitative estimate of drug-likeness (QED) is 0.750. The number of aromatic carboxylic acids is 1. The minimum absolute atomic E-state index is 0.212. The molecule has 0 atom stereocenters. The standard InChI is InChI=1S/C12H16FN3O3/c1-14-5-6-16(2)12(19)15-8-3-4-9(11(17)18)10(13)7-8/h3-4,7,14H,5-6H2,1-2H3,(H,15,19)(H,17,18). The number of hydrogen-bond donors (Lipinski definition) is 3. The molecule has 1 aromatic rings.